The van der Waals surface area contributed by atoms with Crippen molar-refractivity contribution in [3.8, 4) is 5.75 Å². The summed E-state index contributed by atoms with van der Waals surface area (Å²) in [4.78, 5) is 4.72. The van der Waals surface area contributed by atoms with Gasteiger partial charge in [0.2, 0.25) is 0 Å². The summed E-state index contributed by atoms with van der Waals surface area (Å²) in [6.45, 7) is 0. The molecule has 0 amide bonds. The SMILES string of the molecule is COc1ccccc1C=Nc1cccc2c1ccc1ccccc12. The molecule has 2 heteroatoms. The molecule has 0 aliphatic rings. The van der Waals surface area contributed by atoms with Crippen molar-refractivity contribution < 1.29 is 4.74 Å². The summed E-state index contributed by atoms with van der Waals surface area (Å²) >= 11 is 0. The van der Waals surface area contributed by atoms with Crippen molar-refractivity contribution in [1.29, 1.82) is 0 Å². The molecule has 0 saturated carbocycles. The standard InChI is InChI=1S/C22H17NO/c1-24-22-12-5-3-8-17(22)15-23-21-11-6-10-19-18-9-4-2-7-16(18)13-14-20(19)21/h2-15H,1H3. The smallest absolute Gasteiger partial charge is 0.127 e. The molecular formula is C22H17NO. The average Bonchev–Trinajstić information content (AvgIpc) is 2.66. The fraction of sp³-hybridized carbons (Fsp3) is 0.0455. The van der Waals surface area contributed by atoms with Crippen LogP contribution in [0.25, 0.3) is 21.5 Å². The molecule has 0 unspecified atom stereocenters. The first kappa shape index (κ1) is 14.5. The summed E-state index contributed by atoms with van der Waals surface area (Å²) in [6, 6.07) is 26.9. The van der Waals surface area contributed by atoms with Gasteiger partial charge in [-0.05, 0) is 34.4 Å². The van der Waals surface area contributed by atoms with Gasteiger partial charge < -0.3 is 4.74 Å². The highest BCUT2D eigenvalue weighted by atomic mass is 16.5. The maximum Gasteiger partial charge on any atom is 0.127 e. The quantitative estimate of drug-likeness (QED) is 0.348. The lowest BCUT2D eigenvalue weighted by atomic mass is 10.0. The predicted octanol–water partition coefficient (Wildman–Crippen LogP) is 5.75. The Labute approximate surface area is 141 Å². The van der Waals surface area contributed by atoms with Gasteiger partial charge in [-0.3, -0.25) is 4.99 Å². The molecule has 116 valence electrons. The van der Waals surface area contributed by atoms with Crippen LogP contribution in [-0.2, 0) is 0 Å². The number of methoxy groups -OCH3 is 1. The number of fused-ring (bicyclic) bond motifs is 3. The molecule has 0 aliphatic heterocycles. The Morgan fingerprint density at radius 1 is 0.708 bits per heavy atom. The van der Waals surface area contributed by atoms with E-state index >= 15 is 0 Å². The van der Waals surface area contributed by atoms with Gasteiger partial charge in [0.1, 0.15) is 5.75 Å². The number of aliphatic imine (C=N–C) groups is 1. The lowest BCUT2D eigenvalue weighted by Gasteiger charge is -2.07. The first-order valence-electron chi connectivity index (χ1n) is 7.94. The molecule has 4 rings (SSSR count). The lowest BCUT2D eigenvalue weighted by Crippen LogP contribution is -1.89. The highest BCUT2D eigenvalue weighted by Crippen LogP contribution is 2.31. The van der Waals surface area contributed by atoms with Crippen molar-refractivity contribution in [3.63, 3.8) is 0 Å². The summed E-state index contributed by atoms with van der Waals surface area (Å²) in [7, 11) is 1.68. The molecule has 0 fully saturated rings. The van der Waals surface area contributed by atoms with Gasteiger partial charge in [0.15, 0.2) is 0 Å². The number of para-hydroxylation sites is 1. The molecule has 4 aromatic rings. The van der Waals surface area contributed by atoms with Gasteiger partial charge in [-0.2, -0.15) is 0 Å². The minimum atomic E-state index is 0.826. The van der Waals surface area contributed by atoms with Gasteiger partial charge >= 0.3 is 0 Å². The third-order valence-corrected chi connectivity index (χ3v) is 4.25. The Hall–Kier alpha value is -3.13. The van der Waals surface area contributed by atoms with Crippen molar-refractivity contribution in [3.05, 3.63) is 84.4 Å². The zero-order chi connectivity index (χ0) is 16.4. The van der Waals surface area contributed by atoms with E-state index in [0.29, 0.717) is 0 Å². The fourth-order valence-corrected chi connectivity index (χ4v) is 3.05. The summed E-state index contributed by atoms with van der Waals surface area (Å²) < 4.78 is 5.39. The Kier molecular flexibility index (Phi) is 3.72. The molecule has 0 N–H and O–H groups in total. The molecule has 2 nitrogen and oxygen atoms in total. The molecule has 0 bridgehead atoms. The second kappa shape index (κ2) is 6.17. The number of benzene rings is 4. The third-order valence-electron chi connectivity index (χ3n) is 4.25. The summed E-state index contributed by atoms with van der Waals surface area (Å²) in [5.41, 5.74) is 1.93. The minimum absolute atomic E-state index is 0.826. The second-order valence-electron chi connectivity index (χ2n) is 5.66. The number of rotatable bonds is 3. The summed E-state index contributed by atoms with van der Waals surface area (Å²) in [5, 5.41) is 4.88. The molecule has 24 heavy (non-hydrogen) atoms. The first-order chi connectivity index (χ1) is 11.9. The van der Waals surface area contributed by atoms with E-state index in [1.807, 2.05) is 36.5 Å². The number of hydrogen-bond donors (Lipinski definition) is 0. The maximum atomic E-state index is 5.39. The molecule has 0 radical (unpaired) electrons. The summed E-state index contributed by atoms with van der Waals surface area (Å²) in [6.07, 6.45) is 1.86. The molecule has 0 spiro atoms. The van der Waals surface area contributed by atoms with Crippen LogP contribution >= 0.6 is 0 Å². The van der Waals surface area contributed by atoms with Crippen LogP contribution in [0.1, 0.15) is 5.56 Å². The van der Waals surface area contributed by atoms with Crippen LogP contribution in [0.15, 0.2) is 83.9 Å². The van der Waals surface area contributed by atoms with Crippen molar-refractivity contribution in [2.75, 3.05) is 7.11 Å². The molecule has 0 heterocycles. The van der Waals surface area contributed by atoms with Crippen molar-refractivity contribution in [2.45, 2.75) is 0 Å². The predicted molar refractivity (Wildman–Crippen MR) is 102 cm³/mol. The molecule has 0 aromatic heterocycles. The maximum absolute atomic E-state index is 5.39. The van der Waals surface area contributed by atoms with Crippen molar-refractivity contribution >= 4 is 33.4 Å². The second-order valence-corrected chi connectivity index (χ2v) is 5.66. The third kappa shape index (κ3) is 2.52. The Morgan fingerprint density at radius 2 is 1.50 bits per heavy atom. The van der Waals surface area contributed by atoms with E-state index in [1.165, 1.54) is 16.2 Å². The van der Waals surface area contributed by atoms with E-state index in [1.54, 1.807) is 7.11 Å². The van der Waals surface area contributed by atoms with Gasteiger partial charge in [-0.15, -0.1) is 0 Å². The molecule has 0 saturated heterocycles. The van der Waals surface area contributed by atoms with Crippen LogP contribution in [0.3, 0.4) is 0 Å². The van der Waals surface area contributed by atoms with Crippen molar-refractivity contribution in [1.82, 2.24) is 0 Å². The fourth-order valence-electron chi connectivity index (χ4n) is 3.05. The van der Waals surface area contributed by atoms with E-state index in [9.17, 15) is 0 Å². The van der Waals surface area contributed by atoms with Crippen molar-refractivity contribution in [2.24, 2.45) is 4.99 Å². The Balaban J connectivity index is 1.85. The van der Waals surface area contributed by atoms with Crippen LogP contribution in [0.2, 0.25) is 0 Å². The van der Waals surface area contributed by atoms with Gasteiger partial charge in [0.05, 0.1) is 12.8 Å². The Morgan fingerprint density at radius 3 is 2.42 bits per heavy atom. The summed E-state index contributed by atoms with van der Waals surface area (Å²) in [5.74, 6) is 0.826. The zero-order valence-corrected chi connectivity index (χ0v) is 13.4. The first-order valence-corrected chi connectivity index (χ1v) is 7.94. The van der Waals surface area contributed by atoms with E-state index in [2.05, 4.69) is 48.5 Å². The van der Waals surface area contributed by atoms with E-state index < -0.39 is 0 Å². The largest absolute Gasteiger partial charge is 0.496 e. The zero-order valence-electron chi connectivity index (χ0n) is 13.4. The topological polar surface area (TPSA) is 21.6 Å². The highest BCUT2D eigenvalue weighted by molar-refractivity contribution is 6.11. The Bertz CT molecular complexity index is 1050. The van der Waals surface area contributed by atoms with Crippen LogP contribution in [0.4, 0.5) is 5.69 Å². The molecule has 4 aromatic carbocycles. The average molecular weight is 311 g/mol. The van der Waals surface area contributed by atoms with Crippen LogP contribution in [0.5, 0.6) is 5.75 Å². The lowest BCUT2D eigenvalue weighted by molar-refractivity contribution is 0.414. The minimum Gasteiger partial charge on any atom is -0.496 e. The van der Waals surface area contributed by atoms with Gasteiger partial charge in [-0.25, -0.2) is 0 Å². The number of ether oxygens (including phenoxy) is 1. The number of nitrogens with zero attached hydrogens (tertiary/aromatic N) is 1. The normalized spacial score (nSPS) is 11.4. The monoisotopic (exact) mass is 311 g/mol. The van der Waals surface area contributed by atoms with Gasteiger partial charge in [-0.1, -0.05) is 60.7 Å². The van der Waals surface area contributed by atoms with Gasteiger partial charge in [0, 0.05) is 17.2 Å². The molecule has 0 aliphatic carbocycles. The van der Waals surface area contributed by atoms with Crippen LogP contribution in [-0.4, -0.2) is 13.3 Å². The molecule has 0 atom stereocenters. The van der Waals surface area contributed by atoms with E-state index in [-0.39, 0.29) is 0 Å². The highest BCUT2D eigenvalue weighted by Gasteiger charge is 2.04. The van der Waals surface area contributed by atoms with Gasteiger partial charge in [0.25, 0.3) is 0 Å². The van der Waals surface area contributed by atoms with E-state index in [4.69, 9.17) is 9.73 Å². The number of hydrogen-bond acceptors (Lipinski definition) is 2. The van der Waals surface area contributed by atoms with Crippen LogP contribution in [0, 0.1) is 0 Å². The molecular weight excluding hydrogens is 294 g/mol. The van der Waals surface area contributed by atoms with Crippen LogP contribution < -0.4 is 4.74 Å². The van der Waals surface area contributed by atoms with E-state index in [0.717, 1.165) is 22.4 Å².